The van der Waals surface area contributed by atoms with Gasteiger partial charge in [0.15, 0.2) is 0 Å². The molecule has 2 aromatic rings. The third-order valence-electron chi connectivity index (χ3n) is 5.08. The molecule has 0 aliphatic carbocycles. The molecule has 0 spiro atoms. The largest absolute Gasteiger partial charge is 0.490 e. The zero-order chi connectivity index (χ0) is 20.0. The number of nitrogens with one attached hydrogen (secondary N) is 1. The van der Waals surface area contributed by atoms with Gasteiger partial charge in [-0.15, -0.1) is 0 Å². The van der Waals surface area contributed by atoms with Crippen molar-refractivity contribution in [2.75, 3.05) is 4.90 Å². The second-order valence-corrected chi connectivity index (χ2v) is 7.23. The van der Waals surface area contributed by atoms with E-state index in [0.717, 1.165) is 33.8 Å². The second-order valence-electron chi connectivity index (χ2n) is 7.23. The van der Waals surface area contributed by atoms with Gasteiger partial charge in [-0.3, -0.25) is 14.9 Å². The number of amides is 4. The number of hydrogen-bond acceptors (Lipinski definition) is 4. The Bertz CT molecular complexity index is 1050. The highest BCUT2D eigenvalue weighted by molar-refractivity contribution is 6.39. The lowest BCUT2D eigenvalue weighted by Gasteiger charge is -2.26. The second kappa shape index (κ2) is 6.64. The van der Waals surface area contributed by atoms with Crippen LogP contribution in [0.5, 0.6) is 5.75 Å². The average Bonchev–Trinajstić information content (AvgIpc) is 3.00. The molecule has 2 heterocycles. The number of benzene rings is 2. The molecule has 0 bridgehead atoms. The summed E-state index contributed by atoms with van der Waals surface area (Å²) >= 11 is 0. The molecule has 4 rings (SSSR count). The number of fused-ring (bicyclic) bond motifs is 1. The van der Waals surface area contributed by atoms with Crippen molar-refractivity contribution in [2.24, 2.45) is 0 Å². The van der Waals surface area contributed by atoms with Gasteiger partial charge in [0, 0.05) is 6.42 Å². The number of anilines is 1. The molecule has 0 unspecified atom stereocenters. The Morgan fingerprint density at radius 1 is 1.07 bits per heavy atom. The highest BCUT2D eigenvalue weighted by atomic mass is 16.5. The maximum absolute atomic E-state index is 13.0. The van der Waals surface area contributed by atoms with Crippen molar-refractivity contribution in [1.29, 1.82) is 0 Å². The van der Waals surface area contributed by atoms with E-state index < -0.39 is 17.8 Å². The number of carbonyl (C=O) groups excluding carboxylic acids is 3. The fourth-order valence-electron chi connectivity index (χ4n) is 3.46. The number of imide groups is 2. The van der Waals surface area contributed by atoms with Crippen molar-refractivity contribution in [1.82, 2.24) is 5.32 Å². The molecule has 0 saturated carbocycles. The molecule has 2 aliphatic heterocycles. The van der Waals surface area contributed by atoms with Crippen molar-refractivity contribution in [2.45, 2.75) is 33.3 Å². The number of hydrogen-bond donors (Lipinski definition) is 1. The fraction of sp³-hybridized carbons (Fsp3) is 0.227. The molecule has 6 nitrogen and oxygen atoms in total. The highest BCUT2D eigenvalue weighted by Gasteiger charge is 2.37. The van der Waals surface area contributed by atoms with Crippen LogP contribution in [0.25, 0.3) is 6.08 Å². The first-order chi connectivity index (χ1) is 13.3. The molecule has 2 aliphatic rings. The third-order valence-corrected chi connectivity index (χ3v) is 5.08. The number of urea groups is 1. The minimum absolute atomic E-state index is 0.0789. The predicted molar refractivity (Wildman–Crippen MR) is 105 cm³/mol. The summed E-state index contributed by atoms with van der Waals surface area (Å²) in [6.45, 7) is 5.84. The number of rotatable bonds is 2. The van der Waals surface area contributed by atoms with Crippen LogP contribution in [0, 0.1) is 13.8 Å². The average molecular weight is 376 g/mol. The third kappa shape index (κ3) is 3.07. The van der Waals surface area contributed by atoms with E-state index in [0.29, 0.717) is 11.3 Å². The van der Waals surface area contributed by atoms with Crippen LogP contribution in [-0.4, -0.2) is 23.9 Å². The maximum Gasteiger partial charge on any atom is 0.335 e. The minimum Gasteiger partial charge on any atom is -0.490 e. The quantitative estimate of drug-likeness (QED) is 0.645. The summed E-state index contributed by atoms with van der Waals surface area (Å²) in [7, 11) is 0. The van der Waals surface area contributed by atoms with E-state index in [1.165, 1.54) is 6.08 Å². The molecular formula is C22H20N2O4. The van der Waals surface area contributed by atoms with Crippen molar-refractivity contribution < 1.29 is 19.1 Å². The molecule has 1 fully saturated rings. The van der Waals surface area contributed by atoms with Gasteiger partial charge in [0.25, 0.3) is 11.8 Å². The molecule has 2 aromatic carbocycles. The predicted octanol–water partition coefficient (Wildman–Crippen LogP) is 3.29. The van der Waals surface area contributed by atoms with E-state index in [1.807, 2.05) is 39.0 Å². The standard InChI is InChI=1S/C22H20N2O4/c1-12-4-6-17(8-13(12)2)24-21(26)18(20(25)23-22(24)27)11-15-5-7-19-16(10-15)9-14(3)28-19/h4-8,10-11,14H,9H2,1-3H3,(H,23,25,27)/b18-11-/t14-/m0/s1. The van der Waals surface area contributed by atoms with Crippen LogP contribution >= 0.6 is 0 Å². The van der Waals surface area contributed by atoms with Crippen molar-refractivity contribution >= 4 is 29.6 Å². The molecular weight excluding hydrogens is 356 g/mol. The topological polar surface area (TPSA) is 75.7 Å². The molecule has 1 N–H and O–H groups in total. The van der Waals surface area contributed by atoms with Crippen molar-refractivity contribution in [3.8, 4) is 5.75 Å². The van der Waals surface area contributed by atoms with Crippen LogP contribution in [0.3, 0.4) is 0 Å². The Hall–Kier alpha value is -3.41. The Morgan fingerprint density at radius 2 is 1.86 bits per heavy atom. The SMILES string of the molecule is Cc1ccc(N2C(=O)NC(=O)/C(=C/c3ccc4c(c3)C[C@H](C)O4)C2=O)cc1C. The van der Waals surface area contributed by atoms with Crippen LogP contribution in [-0.2, 0) is 16.0 Å². The summed E-state index contributed by atoms with van der Waals surface area (Å²) in [6.07, 6.45) is 2.40. The zero-order valence-electron chi connectivity index (χ0n) is 15.9. The van der Waals surface area contributed by atoms with Gasteiger partial charge in [-0.25, -0.2) is 9.69 Å². The van der Waals surface area contributed by atoms with Gasteiger partial charge in [0.05, 0.1) is 5.69 Å². The molecule has 142 valence electrons. The van der Waals surface area contributed by atoms with Crippen LogP contribution < -0.4 is 15.0 Å². The fourth-order valence-corrected chi connectivity index (χ4v) is 3.46. The van der Waals surface area contributed by atoms with Gasteiger partial charge in [-0.05, 0) is 73.4 Å². The van der Waals surface area contributed by atoms with Gasteiger partial charge in [-0.1, -0.05) is 12.1 Å². The van der Waals surface area contributed by atoms with Crippen molar-refractivity contribution in [3.05, 3.63) is 64.2 Å². The highest BCUT2D eigenvalue weighted by Crippen LogP contribution is 2.30. The normalized spacial score (nSPS) is 20.2. The molecule has 1 atom stereocenters. The number of aryl methyl sites for hydroxylation is 2. The summed E-state index contributed by atoms with van der Waals surface area (Å²) in [5.74, 6) is -0.511. The van der Waals surface area contributed by atoms with Gasteiger partial charge >= 0.3 is 6.03 Å². The summed E-state index contributed by atoms with van der Waals surface area (Å²) in [5.41, 5.74) is 4.10. The van der Waals surface area contributed by atoms with E-state index in [9.17, 15) is 14.4 Å². The summed E-state index contributed by atoms with van der Waals surface area (Å²) in [4.78, 5) is 38.6. The van der Waals surface area contributed by atoms with Gasteiger partial charge in [0.2, 0.25) is 0 Å². The van der Waals surface area contributed by atoms with Crippen LogP contribution in [0.2, 0.25) is 0 Å². The van der Waals surface area contributed by atoms with Crippen LogP contribution in [0.4, 0.5) is 10.5 Å². The summed E-state index contributed by atoms with van der Waals surface area (Å²) in [6, 6.07) is 10.1. The summed E-state index contributed by atoms with van der Waals surface area (Å²) < 4.78 is 5.68. The van der Waals surface area contributed by atoms with E-state index in [1.54, 1.807) is 18.2 Å². The maximum atomic E-state index is 13.0. The number of ether oxygens (including phenoxy) is 1. The monoisotopic (exact) mass is 376 g/mol. The lowest BCUT2D eigenvalue weighted by molar-refractivity contribution is -0.122. The van der Waals surface area contributed by atoms with Gasteiger partial charge in [0.1, 0.15) is 17.4 Å². The number of carbonyl (C=O) groups is 3. The molecule has 6 heteroatoms. The van der Waals surface area contributed by atoms with Crippen LogP contribution in [0.15, 0.2) is 42.0 Å². The first-order valence-corrected chi connectivity index (χ1v) is 9.12. The Kier molecular flexibility index (Phi) is 4.26. The molecule has 0 radical (unpaired) electrons. The lowest BCUT2D eigenvalue weighted by atomic mass is 10.0. The Morgan fingerprint density at radius 3 is 2.61 bits per heavy atom. The number of barbiturate groups is 1. The lowest BCUT2D eigenvalue weighted by Crippen LogP contribution is -2.54. The Labute approximate surface area is 162 Å². The summed E-state index contributed by atoms with van der Waals surface area (Å²) in [5, 5.41) is 2.26. The van der Waals surface area contributed by atoms with E-state index >= 15 is 0 Å². The smallest absolute Gasteiger partial charge is 0.335 e. The first-order valence-electron chi connectivity index (χ1n) is 9.12. The van der Waals surface area contributed by atoms with Crippen molar-refractivity contribution in [3.63, 3.8) is 0 Å². The van der Waals surface area contributed by atoms with Gasteiger partial charge < -0.3 is 4.74 Å². The molecule has 4 amide bonds. The Balaban J connectivity index is 1.71. The van der Waals surface area contributed by atoms with E-state index in [-0.39, 0.29) is 11.7 Å². The van der Waals surface area contributed by atoms with E-state index in [2.05, 4.69) is 5.32 Å². The number of nitrogens with zero attached hydrogens (tertiary/aromatic N) is 1. The van der Waals surface area contributed by atoms with Gasteiger partial charge in [-0.2, -0.15) is 0 Å². The molecule has 0 aromatic heterocycles. The zero-order valence-corrected chi connectivity index (χ0v) is 15.9. The van der Waals surface area contributed by atoms with Crippen LogP contribution in [0.1, 0.15) is 29.2 Å². The minimum atomic E-state index is -0.744. The molecule has 1 saturated heterocycles. The molecule has 28 heavy (non-hydrogen) atoms. The van der Waals surface area contributed by atoms with E-state index in [4.69, 9.17) is 4.74 Å². The first kappa shape index (κ1) is 18.0.